The number of likely N-dealkylation sites (N-methyl/N-ethyl adjacent to an activating group) is 1. The van der Waals surface area contributed by atoms with Gasteiger partial charge in [-0.2, -0.15) is 5.10 Å². The van der Waals surface area contributed by atoms with E-state index in [9.17, 15) is 4.79 Å². The molecule has 0 aliphatic heterocycles. The molecule has 0 unspecified atom stereocenters. The van der Waals surface area contributed by atoms with Gasteiger partial charge in [0.1, 0.15) is 6.54 Å². The van der Waals surface area contributed by atoms with E-state index in [4.69, 9.17) is 0 Å². The Labute approximate surface area is 112 Å². The van der Waals surface area contributed by atoms with Gasteiger partial charge >= 0.3 is 0 Å². The summed E-state index contributed by atoms with van der Waals surface area (Å²) in [6.07, 6.45) is 3.55. The molecule has 0 radical (unpaired) electrons. The molecule has 0 atom stereocenters. The lowest BCUT2D eigenvalue weighted by Crippen LogP contribution is -2.23. The summed E-state index contributed by atoms with van der Waals surface area (Å²) in [5, 5.41) is 9.98. The normalized spacial score (nSPS) is 10.2. The van der Waals surface area contributed by atoms with E-state index in [0.29, 0.717) is 0 Å². The highest BCUT2D eigenvalue weighted by Gasteiger charge is 2.02. The summed E-state index contributed by atoms with van der Waals surface area (Å²) in [7, 11) is 1.61. The SMILES string of the molecule is CNC(=O)Cn1cc(NCc2cccc(C)c2)cn1. The topological polar surface area (TPSA) is 59.0 Å². The van der Waals surface area contributed by atoms with Crippen LogP contribution >= 0.6 is 0 Å². The summed E-state index contributed by atoms with van der Waals surface area (Å²) in [6, 6.07) is 8.34. The van der Waals surface area contributed by atoms with Gasteiger partial charge in [-0.15, -0.1) is 0 Å². The Morgan fingerprint density at radius 1 is 1.42 bits per heavy atom. The molecule has 1 aromatic heterocycles. The molecule has 0 saturated carbocycles. The third-order valence-corrected chi connectivity index (χ3v) is 2.80. The van der Waals surface area contributed by atoms with Crippen LogP contribution in [0.5, 0.6) is 0 Å². The van der Waals surface area contributed by atoms with E-state index < -0.39 is 0 Å². The molecule has 0 aliphatic carbocycles. The average Bonchev–Trinajstić information content (AvgIpc) is 2.84. The summed E-state index contributed by atoms with van der Waals surface area (Å²) in [4.78, 5) is 11.2. The number of nitrogens with one attached hydrogen (secondary N) is 2. The van der Waals surface area contributed by atoms with E-state index in [1.54, 1.807) is 17.9 Å². The van der Waals surface area contributed by atoms with Crippen LogP contribution in [0.1, 0.15) is 11.1 Å². The van der Waals surface area contributed by atoms with Crippen molar-refractivity contribution in [2.24, 2.45) is 0 Å². The largest absolute Gasteiger partial charge is 0.378 e. The minimum Gasteiger partial charge on any atom is -0.378 e. The second-order valence-corrected chi connectivity index (χ2v) is 4.44. The lowest BCUT2D eigenvalue weighted by Gasteiger charge is -2.04. The zero-order chi connectivity index (χ0) is 13.7. The van der Waals surface area contributed by atoms with Gasteiger partial charge in [-0.3, -0.25) is 9.48 Å². The number of nitrogens with zero attached hydrogens (tertiary/aromatic N) is 2. The van der Waals surface area contributed by atoms with Crippen molar-refractivity contribution in [2.75, 3.05) is 12.4 Å². The number of hydrogen-bond acceptors (Lipinski definition) is 3. The van der Waals surface area contributed by atoms with Gasteiger partial charge in [0.15, 0.2) is 0 Å². The van der Waals surface area contributed by atoms with E-state index in [2.05, 4.69) is 40.9 Å². The van der Waals surface area contributed by atoms with Crippen molar-refractivity contribution >= 4 is 11.6 Å². The lowest BCUT2D eigenvalue weighted by molar-refractivity contribution is -0.121. The Morgan fingerprint density at radius 3 is 3.00 bits per heavy atom. The molecule has 100 valence electrons. The number of anilines is 1. The van der Waals surface area contributed by atoms with Crippen LogP contribution in [0, 0.1) is 6.92 Å². The van der Waals surface area contributed by atoms with Crippen molar-refractivity contribution in [2.45, 2.75) is 20.0 Å². The zero-order valence-electron chi connectivity index (χ0n) is 11.2. The van der Waals surface area contributed by atoms with E-state index in [0.717, 1.165) is 12.2 Å². The molecule has 1 heterocycles. The van der Waals surface area contributed by atoms with Crippen molar-refractivity contribution < 1.29 is 4.79 Å². The van der Waals surface area contributed by atoms with E-state index in [1.807, 2.05) is 12.3 Å². The molecule has 0 aliphatic rings. The van der Waals surface area contributed by atoms with Crippen LogP contribution in [0.3, 0.4) is 0 Å². The van der Waals surface area contributed by atoms with E-state index >= 15 is 0 Å². The van der Waals surface area contributed by atoms with Crippen LogP contribution in [-0.2, 0) is 17.9 Å². The number of carbonyl (C=O) groups excluding carboxylic acids is 1. The molecule has 5 heteroatoms. The Balaban J connectivity index is 1.91. The molecular weight excluding hydrogens is 240 g/mol. The van der Waals surface area contributed by atoms with Gasteiger partial charge in [-0.25, -0.2) is 0 Å². The quantitative estimate of drug-likeness (QED) is 0.855. The van der Waals surface area contributed by atoms with E-state index in [1.165, 1.54) is 11.1 Å². The van der Waals surface area contributed by atoms with Crippen LogP contribution in [0.4, 0.5) is 5.69 Å². The van der Waals surface area contributed by atoms with Gasteiger partial charge in [-0.05, 0) is 12.5 Å². The molecule has 19 heavy (non-hydrogen) atoms. The summed E-state index contributed by atoms with van der Waals surface area (Å²) < 4.78 is 1.61. The number of aromatic nitrogens is 2. The molecule has 0 bridgehead atoms. The first-order valence-corrected chi connectivity index (χ1v) is 6.20. The highest BCUT2D eigenvalue weighted by atomic mass is 16.1. The number of amides is 1. The van der Waals surface area contributed by atoms with Crippen LogP contribution < -0.4 is 10.6 Å². The van der Waals surface area contributed by atoms with Gasteiger partial charge in [0.2, 0.25) is 5.91 Å². The summed E-state index contributed by atoms with van der Waals surface area (Å²) in [5.74, 6) is -0.0617. The Bertz CT molecular complexity index is 562. The average molecular weight is 258 g/mol. The number of benzene rings is 1. The zero-order valence-corrected chi connectivity index (χ0v) is 11.2. The molecule has 0 spiro atoms. The predicted molar refractivity (Wildman–Crippen MR) is 74.8 cm³/mol. The van der Waals surface area contributed by atoms with Crippen molar-refractivity contribution in [3.05, 3.63) is 47.8 Å². The number of aryl methyl sites for hydroxylation is 1. The lowest BCUT2D eigenvalue weighted by atomic mass is 10.1. The fraction of sp³-hybridized carbons (Fsp3) is 0.286. The number of carbonyl (C=O) groups is 1. The molecule has 0 fully saturated rings. The van der Waals surface area contributed by atoms with Crippen molar-refractivity contribution in [3.63, 3.8) is 0 Å². The van der Waals surface area contributed by atoms with Crippen molar-refractivity contribution in [1.82, 2.24) is 15.1 Å². The summed E-state index contributed by atoms with van der Waals surface area (Å²) in [6.45, 7) is 3.06. The monoisotopic (exact) mass is 258 g/mol. The first-order valence-electron chi connectivity index (χ1n) is 6.20. The smallest absolute Gasteiger partial charge is 0.241 e. The van der Waals surface area contributed by atoms with Crippen LogP contribution in [0.2, 0.25) is 0 Å². The summed E-state index contributed by atoms with van der Waals surface area (Å²) in [5.41, 5.74) is 3.37. The second-order valence-electron chi connectivity index (χ2n) is 4.44. The molecule has 2 rings (SSSR count). The van der Waals surface area contributed by atoms with Crippen LogP contribution in [0.15, 0.2) is 36.7 Å². The minimum absolute atomic E-state index is 0.0617. The molecule has 1 aromatic carbocycles. The Kier molecular flexibility index (Phi) is 4.18. The van der Waals surface area contributed by atoms with Crippen LogP contribution in [-0.4, -0.2) is 22.7 Å². The maximum atomic E-state index is 11.2. The third-order valence-electron chi connectivity index (χ3n) is 2.80. The third kappa shape index (κ3) is 3.84. The maximum absolute atomic E-state index is 11.2. The standard InChI is InChI=1S/C14H18N4O/c1-11-4-3-5-12(6-11)7-16-13-8-17-18(9-13)10-14(19)15-2/h3-6,8-9,16H,7,10H2,1-2H3,(H,15,19). The molecule has 2 aromatic rings. The fourth-order valence-corrected chi connectivity index (χ4v) is 1.79. The molecular formula is C14H18N4O. The van der Waals surface area contributed by atoms with Gasteiger partial charge < -0.3 is 10.6 Å². The molecule has 0 saturated heterocycles. The van der Waals surface area contributed by atoms with Crippen LogP contribution in [0.25, 0.3) is 0 Å². The van der Waals surface area contributed by atoms with Gasteiger partial charge in [-0.1, -0.05) is 29.8 Å². The summed E-state index contributed by atoms with van der Waals surface area (Å²) >= 11 is 0. The molecule has 5 nitrogen and oxygen atoms in total. The molecule has 1 amide bonds. The Hall–Kier alpha value is -2.30. The fourth-order valence-electron chi connectivity index (χ4n) is 1.79. The first kappa shape index (κ1) is 13.1. The maximum Gasteiger partial charge on any atom is 0.241 e. The van der Waals surface area contributed by atoms with E-state index in [-0.39, 0.29) is 12.5 Å². The van der Waals surface area contributed by atoms with Crippen molar-refractivity contribution in [3.8, 4) is 0 Å². The number of hydrogen-bond donors (Lipinski definition) is 2. The highest BCUT2D eigenvalue weighted by Crippen LogP contribution is 2.09. The highest BCUT2D eigenvalue weighted by molar-refractivity contribution is 5.75. The second kappa shape index (κ2) is 6.04. The predicted octanol–water partition coefficient (Wildman–Crippen LogP) is 1.55. The van der Waals surface area contributed by atoms with Gasteiger partial charge in [0.05, 0.1) is 11.9 Å². The van der Waals surface area contributed by atoms with Gasteiger partial charge in [0, 0.05) is 19.8 Å². The van der Waals surface area contributed by atoms with Crippen molar-refractivity contribution in [1.29, 1.82) is 0 Å². The molecule has 2 N–H and O–H groups in total. The Morgan fingerprint density at radius 2 is 2.26 bits per heavy atom. The van der Waals surface area contributed by atoms with Gasteiger partial charge in [0.25, 0.3) is 0 Å². The first-order chi connectivity index (χ1) is 9.17. The minimum atomic E-state index is -0.0617. The number of rotatable bonds is 5.